The average molecular weight is 263 g/mol. The molecule has 0 aliphatic carbocycles. The minimum absolute atomic E-state index is 0.291. The number of benzene rings is 1. The first kappa shape index (κ1) is 12.6. The molecule has 18 heavy (non-hydrogen) atoms. The molecule has 0 bridgehead atoms. The summed E-state index contributed by atoms with van der Waals surface area (Å²) in [7, 11) is 0. The minimum atomic E-state index is -0.929. The Kier molecular flexibility index (Phi) is 3.62. The summed E-state index contributed by atoms with van der Waals surface area (Å²) in [5, 5.41) is 9.71. The van der Waals surface area contributed by atoms with Crippen molar-refractivity contribution in [1.29, 1.82) is 0 Å². The fourth-order valence-electron chi connectivity index (χ4n) is 1.58. The van der Waals surface area contributed by atoms with E-state index in [0.717, 1.165) is 11.3 Å². The van der Waals surface area contributed by atoms with E-state index in [9.17, 15) is 4.79 Å². The summed E-state index contributed by atoms with van der Waals surface area (Å²) in [6, 6.07) is 7.48. The van der Waals surface area contributed by atoms with Gasteiger partial charge in [0, 0.05) is 5.56 Å². The fraction of sp³-hybridized carbons (Fsp3) is 0.231. The summed E-state index contributed by atoms with van der Waals surface area (Å²) < 4.78 is 5.35. The van der Waals surface area contributed by atoms with Crippen molar-refractivity contribution in [2.75, 3.05) is 6.61 Å². The van der Waals surface area contributed by atoms with E-state index in [4.69, 9.17) is 9.84 Å². The summed E-state index contributed by atoms with van der Waals surface area (Å²) in [6.45, 7) is 4.26. The smallest absolute Gasteiger partial charge is 0.347 e. The molecule has 0 aliphatic rings. The second kappa shape index (κ2) is 5.18. The van der Waals surface area contributed by atoms with Crippen molar-refractivity contribution >= 4 is 17.3 Å². The van der Waals surface area contributed by atoms with Gasteiger partial charge in [0.25, 0.3) is 0 Å². The Balaban J connectivity index is 2.31. The van der Waals surface area contributed by atoms with E-state index < -0.39 is 5.97 Å². The van der Waals surface area contributed by atoms with Gasteiger partial charge in [-0.15, -0.1) is 11.3 Å². The Hall–Kier alpha value is -1.88. The highest BCUT2D eigenvalue weighted by atomic mass is 32.1. The topological polar surface area (TPSA) is 59.4 Å². The van der Waals surface area contributed by atoms with Gasteiger partial charge >= 0.3 is 5.97 Å². The normalized spacial score (nSPS) is 10.3. The molecule has 1 aromatic carbocycles. The number of aryl methyl sites for hydroxylation is 1. The number of aromatic nitrogens is 1. The van der Waals surface area contributed by atoms with E-state index in [0.29, 0.717) is 22.2 Å². The van der Waals surface area contributed by atoms with Crippen LogP contribution in [0.5, 0.6) is 5.75 Å². The van der Waals surface area contributed by atoms with Crippen LogP contribution >= 0.6 is 11.3 Å². The van der Waals surface area contributed by atoms with Crippen molar-refractivity contribution < 1.29 is 14.6 Å². The van der Waals surface area contributed by atoms with Crippen molar-refractivity contribution in [1.82, 2.24) is 4.98 Å². The lowest BCUT2D eigenvalue weighted by Crippen LogP contribution is -1.94. The van der Waals surface area contributed by atoms with Gasteiger partial charge < -0.3 is 9.84 Å². The largest absolute Gasteiger partial charge is 0.494 e. The van der Waals surface area contributed by atoms with Crippen LogP contribution in [0.3, 0.4) is 0 Å². The molecular formula is C13H13NO3S. The van der Waals surface area contributed by atoms with E-state index >= 15 is 0 Å². The third kappa shape index (κ3) is 2.51. The van der Waals surface area contributed by atoms with Gasteiger partial charge in [-0.1, -0.05) is 0 Å². The molecule has 0 spiro atoms. The lowest BCUT2D eigenvalue weighted by Gasteiger charge is -2.02. The number of rotatable bonds is 4. The minimum Gasteiger partial charge on any atom is -0.494 e. The Morgan fingerprint density at radius 2 is 2.06 bits per heavy atom. The van der Waals surface area contributed by atoms with Crippen LogP contribution in [0.25, 0.3) is 10.6 Å². The van der Waals surface area contributed by atoms with Gasteiger partial charge in [-0.3, -0.25) is 0 Å². The Labute approximate surface area is 109 Å². The lowest BCUT2D eigenvalue weighted by atomic mass is 10.2. The third-order valence-corrected chi connectivity index (χ3v) is 3.60. The molecule has 1 aromatic heterocycles. The standard InChI is InChI=1S/C13H13NO3S/c1-3-17-10-6-4-9(5-7-10)12-14-8(2)11(18-12)13(15)16/h4-7H,3H2,1-2H3,(H,15,16). The number of aromatic carboxylic acids is 1. The predicted molar refractivity (Wildman–Crippen MR) is 70.4 cm³/mol. The van der Waals surface area contributed by atoms with Crippen molar-refractivity contribution in [3.63, 3.8) is 0 Å². The maximum atomic E-state index is 11.0. The molecule has 0 amide bonds. The van der Waals surface area contributed by atoms with E-state index in [1.165, 1.54) is 11.3 Å². The molecule has 0 fully saturated rings. The van der Waals surface area contributed by atoms with E-state index in [1.54, 1.807) is 6.92 Å². The molecule has 0 radical (unpaired) electrons. The second-order valence-corrected chi connectivity index (χ2v) is 4.70. The predicted octanol–water partition coefficient (Wildman–Crippen LogP) is 3.22. The Morgan fingerprint density at radius 1 is 1.39 bits per heavy atom. The van der Waals surface area contributed by atoms with Crippen molar-refractivity contribution in [3.05, 3.63) is 34.8 Å². The molecule has 2 aromatic rings. The van der Waals surface area contributed by atoms with Gasteiger partial charge in [-0.2, -0.15) is 0 Å². The summed E-state index contributed by atoms with van der Waals surface area (Å²) in [5.41, 5.74) is 1.45. The molecule has 0 aliphatic heterocycles. The van der Waals surface area contributed by atoms with Crippen molar-refractivity contribution in [2.24, 2.45) is 0 Å². The fourth-order valence-corrected chi connectivity index (χ4v) is 2.49. The molecule has 4 nitrogen and oxygen atoms in total. The van der Waals surface area contributed by atoms with E-state index in [1.807, 2.05) is 31.2 Å². The summed E-state index contributed by atoms with van der Waals surface area (Å²) >= 11 is 1.19. The number of thiazole rings is 1. The maximum Gasteiger partial charge on any atom is 0.347 e. The highest BCUT2D eigenvalue weighted by molar-refractivity contribution is 7.17. The Morgan fingerprint density at radius 3 is 2.56 bits per heavy atom. The van der Waals surface area contributed by atoms with Gasteiger partial charge in [0.05, 0.1) is 12.3 Å². The first-order valence-corrected chi connectivity index (χ1v) is 6.37. The number of carboxylic acids is 1. The van der Waals surface area contributed by atoms with Gasteiger partial charge in [-0.25, -0.2) is 9.78 Å². The molecule has 2 rings (SSSR count). The van der Waals surface area contributed by atoms with Gasteiger partial charge in [0.15, 0.2) is 0 Å². The zero-order valence-electron chi connectivity index (χ0n) is 10.1. The number of hydrogen-bond donors (Lipinski definition) is 1. The summed E-state index contributed by atoms with van der Waals surface area (Å²) in [5.74, 6) is -0.129. The number of ether oxygens (including phenoxy) is 1. The molecule has 5 heteroatoms. The van der Waals surface area contributed by atoms with E-state index in [-0.39, 0.29) is 0 Å². The number of carbonyl (C=O) groups is 1. The molecule has 0 atom stereocenters. The van der Waals surface area contributed by atoms with Crippen LogP contribution in [-0.4, -0.2) is 22.7 Å². The van der Waals surface area contributed by atoms with Gasteiger partial charge in [0.1, 0.15) is 15.6 Å². The van der Waals surface area contributed by atoms with Gasteiger partial charge in [0.2, 0.25) is 0 Å². The molecule has 1 heterocycles. The van der Waals surface area contributed by atoms with Crippen LogP contribution < -0.4 is 4.74 Å². The monoisotopic (exact) mass is 263 g/mol. The van der Waals surface area contributed by atoms with Crippen LogP contribution in [0, 0.1) is 6.92 Å². The number of hydrogen-bond acceptors (Lipinski definition) is 4. The molecule has 0 saturated heterocycles. The average Bonchev–Trinajstić information content (AvgIpc) is 2.73. The second-order valence-electron chi connectivity index (χ2n) is 3.70. The zero-order valence-corrected chi connectivity index (χ0v) is 11.0. The summed E-state index contributed by atoms with van der Waals surface area (Å²) in [4.78, 5) is 15.5. The molecule has 1 N–H and O–H groups in total. The van der Waals surface area contributed by atoms with E-state index in [2.05, 4.69) is 4.98 Å². The third-order valence-electron chi connectivity index (χ3n) is 2.40. The summed E-state index contributed by atoms with van der Waals surface area (Å²) in [6.07, 6.45) is 0. The molecular weight excluding hydrogens is 250 g/mol. The van der Waals surface area contributed by atoms with Crippen LogP contribution in [-0.2, 0) is 0 Å². The first-order chi connectivity index (χ1) is 8.61. The zero-order chi connectivity index (χ0) is 13.1. The van der Waals surface area contributed by atoms with Crippen LogP contribution in [0.4, 0.5) is 0 Å². The molecule has 94 valence electrons. The first-order valence-electron chi connectivity index (χ1n) is 5.55. The highest BCUT2D eigenvalue weighted by Gasteiger charge is 2.14. The van der Waals surface area contributed by atoms with Crippen LogP contribution in [0.1, 0.15) is 22.3 Å². The van der Waals surface area contributed by atoms with Crippen molar-refractivity contribution in [3.8, 4) is 16.3 Å². The quantitative estimate of drug-likeness (QED) is 0.920. The SMILES string of the molecule is CCOc1ccc(-c2nc(C)c(C(=O)O)s2)cc1. The maximum absolute atomic E-state index is 11.0. The molecule has 0 unspecified atom stereocenters. The van der Waals surface area contributed by atoms with Crippen LogP contribution in [0.15, 0.2) is 24.3 Å². The number of nitrogens with zero attached hydrogens (tertiary/aromatic N) is 1. The number of carboxylic acid groups (broad SMARTS) is 1. The Bertz CT molecular complexity index is 560. The highest BCUT2D eigenvalue weighted by Crippen LogP contribution is 2.29. The van der Waals surface area contributed by atoms with Gasteiger partial charge in [-0.05, 0) is 38.1 Å². The van der Waals surface area contributed by atoms with Crippen molar-refractivity contribution in [2.45, 2.75) is 13.8 Å². The van der Waals surface area contributed by atoms with Crippen LogP contribution in [0.2, 0.25) is 0 Å². The lowest BCUT2D eigenvalue weighted by molar-refractivity contribution is 0.0701. The molecule has 0 saturated carbocycles.